The van der Waals surface area contributed by atoms with E-state index in [1.807, 2.05) is 24.3 Å². The highest BCUT2D eigenvalue weighted by molar-refractivity contribution is 7.99. The van der Waals surface area contributed by atoms with Gasteiger partial charge in [-0.05, 0) is 31.5 Å². The van der Waals surface area contributed by atoms with Crippen LogP contribution < -0.4 is 11.2 Å². The van der Waals surface area contributed by atoms with Gasteiger partial charge in [-0.1, -0.05) is 24.8 Å². The van der Waals surface area contributed by atoms with Crippen LogP contribution in [-0.4, -0.2) is 33.9 Å². The van der Waals surface area contributed by atoms with Gasteiger partial charge in [0.15, 0.2) is 11.5 Å². The molecular formula is C24H21FN4O3S2. The van der Waals surface area contributed by atoms with Crippen LogP contribution in [0, 0.1) is 5.82 Å². The van der Waals surface area contributed by atoms with E-state index in [0.29, 0.717) is 22.7 Å². The number of thiazole rings is 1. The molecule has 0 saturated heterocycles. The number of hydrogen-bond acceptors (Lipinski definition) is 8. The molecule has 0 bridgehead atoms. The maximum absolute atomic E-state index is 15.0. The first kappa shape index (κ1) is 23.7. The highest BCUT2D eigenvalue weighted by Gasteiger charge is 2.24. The fourth-order valence-corrected chi connectivity index (χ4v) is 5.46. The molecule has 0 aliphatic heterocycles. The van der Waals surface area contributed by atoms with Gasteiger partial charge in [0.1, 0.15) is 15.4 Å². The van der Waals surface area contributed by atoms with Gasteiger partial charge in [-0.2, -0.15) is 0 Å². The van der Waals surface area contributed by atoms with Crippen LogP contribution in [0.1, 0.15) is 23.7 Å². The quantitative estimate of drug-likeness (QED) is 0.211. The molecule has 0 aliphatic carbocycles. The fraction of sp³-hybridized carbons (Fsp3) is 0.167. The molecule has 0 saturated carbocycles. The van der Waals surface area contributed by atoms with Crippen LogP contribution in [0.4, 0.5) is 4.39 Å². The lowest BCUT2D eigenvalue weighted by Crippen LogP contribution is -2.20. The van der Waals surface area contributed by atoms with Crippen molar-refractivity contribution in [2.75, 3.05) is 12.4 Å². The summed E-state index contributed by atoms with van der Waals surface area (Å²) in [5, 5.41) is 0.159. The number of carbonyl (C=O) groups excluding carboxylic acids is 1. The number of para-hydroxylation sites is 1. The van der Waals surface area contributed by atoms with E-state index in [0.717, 1.165) is 16.3 Å². The third kappa shape index (κ3) is 4.46. The first-order chi connectivity index (χ1) is 16.5. The summed E-state index contributed by atoms with van der Waals surface area (Å²) < 4.78 is 22.7. The van der Waals surface area contributed by atoms with Crippen molar-refractivity contribution in [2.24, 2.45) is 10.7 Å². The van der Waals surface area contributed by atoms with Gasteiger partial charge >= 0.3 is 5.97 Å². The Hall–Kier alpha value is -3.50. The number of nitrogens with zero attached hydrogens (tertiary/aromatic N) is 3. The third-order valence-electron chi connectivity index (χ3n) is 4.88. The van der Waals surface area contributed by atoms with Crippen molar-refractivity contribution < 1.29 is 13.9 Å². The number of halogens is 1. The van der Waals surface area contributed by atoms with E-state index in [-0.39, 0.29) is 28.2 Å². The number of allylic oxidation sites excluding steroid dienone is 2. The Bertz CT molecular complexity index is 1540. The van der Waals surface area contributed by atoms with Gasteiger partial charge in [0.05, 0.1) is 22.2 Å². The Morgan fingerprint density at radius 1 is 1.41 bits per heavy atom. The fourth-order valence-electron chi connectivity index (χ4n) is 3.41. The average molecular weight is 497 g/mol. The van der Waals surface area contributed by atoms with Crippen LogP contribution in [0.3, 0.4) is 0 Å². The molecule has 7 nitrogen and oxygen atoms in total. The molecule has 1 aromatic carbocycles. The molecule has 3 aromatic heterocycles. The maximum atomic E-state index is 15.0. The second-order valence-electron chi connectivity index (χ2n) is 7.12. The summed E-state index contributed by atoms with van der Waals surface area (Å²) in [5.41, 5.74) is 6.79. The summed E-state index contributed by atoms with van der Waals surface area (Å²) in [6.07, 6.45) is 5.04. The molecule has 0 atom stereocenters. The van der Waals surface area contributed by atoms with Gasteiger partial charge in [-0.15, -0.1) is 23.1 Å². The summed E-state index contributed by atoms with van der Waals surface area (Å²) in [6, 6.07) is 8.62. The van der Waals surface area contributed by atoms with Gasteiger partial charge in [-0.25, -0.2) is 14.2 Å². The molecule has 174 valence electrons. The Labute approximate surface area is 202 Å². The van der Waals surface area contributed by atoms with E-state index in [1.54, 1.807) is 11.3 Å². The number of fused-ring (bicyclic) bond motifs is 5. The number of carbonyl (C=O) groups is 1. The lowest BCUT2D eigenvalue weighted by molar-refractivity contribution is 0.0527. The first-order valence-electron chi connectivity index (χ1n) is 10.4. The largest absolute Gasteiger partial charge is 0.462 e. The van der Waals surface area contributed by atoms with Crippen molar-refractivity contribution >= 4 is 61.4 Å². The van der Waals surface area contributed by atoms with E-state index in [4.69, 9.17) is 10.5 Å². The molecule has 0 aliphatic rings. The zero-order chi connectivity index (χ0) is 24.2. The monoisotopic (exact) mass is 496 g/mol. The van der Waals surface area contributed by atoms with E-state index in [9.17, 15) is 14.0 Å². The van der Waals surface area contributed by atoms with Gasteiger partial charge < -0.3 is 10.5 Å². The molecular weight excluding hydrogens is 475 g/mol. The van der Waals surface area contributed by atoms with Gasteiger partial charge in [0.25, 0.3) is 0 Å². The van der Waals surface area contributed by atoms with Crippen molar-refractivity contribution in [2.45, 2.75) is 18.4 Å². The minimum absolute atomic E-state index is 0.0177. The Morgan fingerprint density at radius 2 is 2.21 bits per heavy atom. The summed E-state index contributed by atoms with van der Waals surface area (Å²) in [5.74, 6) is -0.917. The van der Waals surface area contributed by atoms with Crippen molar-refractivity contribution in [1.82, 2.24) is 9.38 Å². The molecule has 4 rings (SSSR count). The van der Waals surface area contributed by atoms with Crippen LogP contribution in [0.25, 0.3) is 26.1 Å². The predicted octanol–water partition coefficient (Wildman–Crippen LogP) is 4.92. The van der Waals surface area contributed by atoms with E-state index in [2.05, 4.69) is 16.6 Å². The lowest BCUT2D eigenvalue weighted by atomic mass is 10.2. The molecule has 0 radical (unpaired) electrons. The number of aromatic nitrogens is 2. The highest BCUT2D eigenvalue weighted by Crippen LogP contribution is 2.32. The van der Waals surface area contributed by atoms with E-state index < -0.39 is 17.2 Å². The number of aliphatic imine (C=N–C) groups is 1. The molecule has 2 N–H and O–H groups in total. The molecule has 4 aromatic rings. The maximum Gasteiger partial charge on any atom is 0.345 e. The molecule has 3 heterocycles. The standard InChI is InChI=1S/C24H21FN4O3S2/c1-3-10-27-13-14(26)9-11-33-22-16(25)12-15-20(30)19(24(31)32-4-2)23-29(21(15)28-22)17-7-5-6-8-18(17)34-23/h3,5-8,10,12-13H,1,4,9,11,26H2,2H3/b14-13-,27-10?. The van der Waals surface area contributed by atoms with Crippen molar-refractivity contribution in [3.05, 3.63) is 76.5 Å². The molecule has 0 unspecified atom stereocenters. The van der Waals surface area contributed by atoms with Crippen LogP contribution >= 0.6 is 23.1 Å². The Kier molecular flexibility index (Phi) is 7.09. The second kappa shape index (κ2) is 10.2. The number of thioether (sulfide) groups is 1. The molecule has 10 heteroatoms. The number of esters is 1. The van der Waals surface area contributed by atoms with Crippen LogP contribution in [0.15, 0.2) is 69.7 Å². The molecule has 0 fully saturated rings. The van der Waals surface area contributed by atoms with Gasteiger partial charge in [0, 0.05) is 23.9 Å². The van der Waals surface area contributed by atoms with Crippen molar-refractivity contribution in [3.63, 3.8) is 0 Å². The number of nitrogens with two attached hydrogens (primary N) is 1. The van der Waals surface area contributed by atoms with Crippen LogP contribution in [0.5, 0.6) is 0 Å². The Balaban J connectivity index is 1.85. The normalized spacial score (nSPS) is 12.2. The highest BCUT2D eigenvalue weighted by atomic mass is 32.2. The zero-order valence-corrected chi connectivity index (χ0v) is 19.9. The summed E-state index contributed by atoms with van der Waals surface area (Å²) >= 11 is 2.48. The van der Waals surface area contributed by atoms with Crippen molar-refractivity contribution in [3.8, 4) is 0 Å². The zero-order valence-electron chi connectivity index (χ0n) is 18.3. The van der Waals surface area contributed by atoms with Crippen molar-refractivity contribution in [1.29, 1.82) is 0 Å². The van der Waals surface area contributed by atoms with E-state index in [1.165, 1.54) is 41.6 Å². The molecule has 0 amide bonds. The number of hydrogen-bond donors (Lipinski definition) is 1. The van der Waals surface area contributed by atoms with Crippen LogP contribution in [0.2, 0.25) is 0 Å². The number of ether oxygens (including phenoxy) is 1. The summed E-state index contributed by atoms with van der Waals surface area (Å²) in [7, 11) is 0. The second-order valence-corrected chi connectivity index (χ2v) is 9.23. The minimum atomic E-state index is -0.737. The van der Waals surface area contributed by atoms with E-state index >= 15 is 0 Å². The Morgan fingerprint density at radius 3 is 2.97 bits per heavy atom. The molecule has 34 heavy (non-hydrogen) atoms. The number of benzene rings is 1. The number of pyridine rings is 2. The van der Waals surface area contributed by atoms with Gasteiger partial charge in [0.2, 0.25) is 5.43 Å². The summed E-state index contributed by atoms with van der Waals surface area (Å²) in [6.45, 7) is 5.32. The first-order valence-corrected chi connectivity index (χ1v) is 12.2. The number of rotatable bonds is 8. The van der Waals surface area contributed by atoms with Gasteiger partial charge in [-0.3, -0.25) is 14.2 Å². The topological polar surface area (TPSA) is 99.0 Å². The SMILES string of the molecule is C=CC=N/C=C(\N)CCSc1nc2c(cc1F)c(=O)c(C(=O)OCC)c1sc3ccccc3n12. The lowest BCUT2D eigenvalue weighted by Gasteiger charge is -2.10. The van der Waals surface area contributed by atoms with Crippen LogP contribution in [-0.2, 0) is 4.74 Å². The predicted molar refractivity (Wildman–Crippen MR) is 137 cm³/mol. The molecule has 0 spiro atoms. The smallest absolute Gasteiger partial charge is 0.345 e. The average Bonchev–Trinajstić information content (AvgIpc) is 3.19. The third-order valence-corrected chi connectivity index (χ3v) is 6.99. The minimum Gasteiger partial charge on any atom is -0.462 e. The summed E-state index contributed by atoms with van der Waals surface area (Å²) in [4.78, 5) is 34.8.